The van der Waals surface area contributed by atoms with Crippen molar-refractivity contribution < 1.29 is 9.59 Å². The average Bonchev–Trinajstić information content (AvgIpc) is 2.96. The van der Waals surface area contributed by atoms with Gasteiger partial charge in [-0.05, 0) is 29.9 Å². The fourth-order valence-electron chi connectivity index (χ4n) is 3.73. The van der Waals surface area contributed by atoms with Gasteiger partial charge in [0.15, 0.2) is 0 Å². The summed E-state index contributed by atoms with van der Waals surface area (Å²) < 4.78 is 0. The number of nitrogens with one attached hydrogen (secondary N) is 1. The summed E-state index contributed by atoms with van der Waals surface area (Å²) in [5.41, 5.74) is 2.45. The van der Waals surface area contributed by atoms with Gasteiger partial charge in [-0.1, -0.05) is 60.7 Å². The number of nitrogens with zero attached hydrogens (tertiary/aromatic N) is 1. The van der Waals surface area contributed by atoms with Gasteiger partial charge in [-0.2, -0.15) is 0 Å². The van der Waals surface area contributed by atoms with E-state index >= 15 is 0 Å². The van der Waals surface area contributed by atoms with Crippen LogP contribution in [0.5, 0.6) is 0 Å². The molecule has 0 radical (unpaired) electrons. The van der Waals surface area contributed by atoms with Gasteiger partial charge >= 0.3 is 0 Å². The van der Waals surface area contributed by atoms with E-state index in [4.69, 9.17) is 0 Å². The van der Waals surface area contributed by atoms with Crippen molar-refractivity contribution in [2.45, 2.75) is 19.3 Å². The number of carbonyl (C=O) groups is 2. The maximum Gasteiger partial charge on any atom is 0.226 e. The van der Waals surface area contributed by atoms with Crippen LogP contribution in [0.1, 0.15) is 17.5 Å². The van der Waals surface area contributed by atoms with Gasteiger partial charge in [0.2, 0.25) is 11.8 Å². The molecular weight excluding hydrogens is 324 g/mol. The number of likely N-dealkylation sites (tertiary alicyclic amines) is 1. The fraction of sp³-hybridized carbons (Fsp3) is 0.364. The molecule has 0 spiro atoms. The van der Waals surface area contributed by atoms with E-state index in [0.29, 0.717) is 6.54 Å². The molecule has 2 aromatic carbocycles. The van der Waals surface area contributed by atoms with Crippen LogP contribution in [-0.4, -0.2) is 36.9 Å². The standard InChI is InChI=1S/C22H26N2O2/c1-23-21(25)15-20-19(14-18-10-6-3-7-11-18)16-24(22(20)26)13-12-17-8-4-2-5-9-17/h2-11,19-20H,12-16H2,1H3,(H,23,25)/t19-,20+/m0/s1. The maximum absolute atomic E-state index is 12.9. The van der Waals surface area contributed by atoms with Gasteiger partial charge in [-0.25, -0.2) is 0 Å². The average molecular weight is 350 g/mol. The molecule has 4 heteroatoms. The molecule has 2 atom stereocenters. The smallest absolute Gasteiger partial charge is 0.226 e. The Kier molecular flexibility index (Phi) is 6.05. The molecule has 4 nitrogen and oxygen atoms in total. The Morgan fingerprint density at radius 3 is 2.27 bits per heavy atom. The maximum atomic E-state index is 12.9. The van der Waals surface area contributed by atoms with Crippen LogP contribution in [-0.2, 0) is 22.4 Å². The van der Waals surface area contributed by atoms with Crippen LogP contribution in [0.15, 0.2) is 60.7 Å². The van der Waals surface area contributed by atoms with Gasteiger partial charge < -0.3 is 10.2 Å². The first-order valence-electron chi connectivity index (χ1n) is 9.24. The van der Waals surface area contributed by atoms with Crippen LogP contribution in [0.3, 0.4) is 0 Å². The molecule has 1 aliphatic rings. The van der Waals surface area contributed by atoms with E-state index in [1.165, 1.54) is 11.1 Å². The molecule has 136 valence electrons. The predicted molar refractivity (Wildman–Crippen MR) is 103 cm³/mol. The van der Waals surface area contributed by atoms with Crippen LogP contribution < -0.4 is 5.32 Å². The van der Waals surface area contributed by atoms with E-state index in [9.17, 15) is 9.59 Å². The highest BCUT2D eigenvalue weighted by molar-refractivity contribution is 5.87. The Hall–Kier alpha value is -2.62. The number of amides is 2. The van der Waals surface area contributed by atoms with Gasteiger partial charge in [-0.15, -0.1) is 0 Å². The second-order valence-electron chi connectivity index (χ2n) is 6.95. The zero-order valence-electron chi connectivity index (χ0n) is 15.2. The van der Waals surface area contributed by atoms with Crippen LogP contribution >= 0.6 is 0 Å². The Balaban J connectivity index is 1.69. The molecule has 3 rings (SSSR count). The van der Waals surface area contributed by atoms with E-state index < -0.39 is 0 Å². The number of hydrogen-bond donors (Lipinski definition) is 1. The van der Waals surface area contributed by atoms with Gasteiger partial charge in [0.1, 0.15) is 0 Å². The van der Waals surface area contributed by atoms with E-state index in [1.54, 1.807) is 7.05 Å². The first kappa shape index (κ1) is 18.2. The Bertz CT molecular complexity index is 730. The SMILES string of the molecule is CNC(=O)C[C@H]1C(=O)N(CCc2ccccc2)C[C@@H]1Cc1ccccc1. The molecule has 0 saturated carbocycles. The van der Waals surface area contributed by atoms with Crippen molar-refractivity contribution in [1.29, 1.82) is 0 Å². The van der Waals surface area contributed by atoms with Crippen molar-refractivity contribution in [2.24, 2.45) is 11.8 Å². The second kappa shape index (κ2) is 8.65. The van der Waals surface area contributed by atoms with E-state index in [1.807, 2.05) is 41.3 Å². The molecule has 2 aromatic rings. The van der Waals surface area contributed by atoms with Crippen LogP contribution in [0.4, 0.5) is 0 Å². The largest absolute Gasteiger partial charge is 0.359 e. The molecule has 1 saturated heterocycles. The van der Waals surface area contributed by atoms with Crippen molar-refractivity contribution in [3.63, 3.8) is 0 Å². The zero-order chi connectivity index (χ0) is 18.4. The molecule has 0 unspecified atom stereocenters. The van der Waals surface area contributed by atoms with Gasteiger partial charge in [0.25, 0.3) is 0 Å². The molecule has 0 aromatic heterocycles. The van der Waals surface area contributed by atoms with Crippen molar-refractivity contribution in [3.8, 4) is 0 Å². The van der Waals surface area contributed by atoms with E-state index in [0.717, 1.165) is 19.4 Å². The monoisotopic (exact) mass is 350 g/mol. The summed E-state index contributed by atoms with van der Waals surface area (Å²) in [7, 11) is 1.63. The normalized spacial score (nSPS) is 19.6. The molecule has 1 N–H and O–H groups in total. The van der Waals surface area contributed by atoms with Crippen LogP contribution in [0, 0.1) is 11.8 Å². The molecule has 2 amide bonds. The molecular formula is C22H26N2O2. The van der Waals surface area contributed by atoms with Gasteiger partial charge in [0, 0.05) is 26.6 Å². The van der Waals surface area contributed by atoms with Crippen LogP contribution in [0.25, 0.3) is 0 Å². The molecule has 0 bridgehead atoms. The number of hydrogen-bond acceptors (Lipinski definition) is 2. The summed E-state index contributed by atoms with van der Waals surface area (Å²) in [6.45, 7) is 1.43. The predicted octanol–water partition coefficient (Wildman–Crippen LogP) is 2.68. The number of benzene rings is 2. The lowest BCUT2D eigenvalue weighted by molar-refractivity contribution is -0.134. The van der Waals surface area contributed by atoms with E-state index in [2.05, 4.69) is 29.6 Å². The third-order valence-corrected chi connectivity index (χ3v) is 5.19. The summed E-state index contributed by atoms with van der Waals surface area (Å²) >= 11 is 0. The zero-order valence-corrected chi connectivity index (χ0v) is 15.2. The highest BCUT2D eigenvalue weighted by Gasteiger charge is 2.40. The van der Waals surface area contributed by atoms with E-state index in [-0.39, 0.29) is 30.1 Å². The molecule has 0 aliphatic carbocycles. The second-order valence-corrected chi connectivity index (χ2v) is 6.95. The van der Waals surface area contributed by atoms with Gasteiger partial charge in [0.05, 0.1) is 5.92 Å². The minimum atomic E-state index is -0.231. The lowest BCUT2D eigenvalue weighted by Gasteiger charge is -2.16. The summed E-state index contributed by atoms with van der Waals surface area (Å²) in [5.74, 6) is 0.000635. The Morgan fingerprint density at radius 1 is 1.04 bits per heavy atom. The minimum absolute atomic E-state index is 0.0636. The Labute approximate surface area is 155 Å². The van der Waals surface area contributed by atoms with Crippen molar-refractivity contribution >= 4 is 11.8 Å². The summed E-state index contributed by atoms with van der Waals surface area (Å²) in [6.07, 6.45) is 1.95. The third-order valence-electron chi connectivity index (χ3n) is 5.19. The minimum Gasteiger partial charge on any atom is -0.359 e. The van der Waals surface area contributed by atoms with Gasteiger partial charge in [-0.3, -0.25) is 9.59 Å². The third kappa shape index (κ3) is 4.51. The molecule has 1 aliphatic heterocycles. The summed E-state index contributed by atoms with van der Waals surface area (Å²) in [6, 6.07) is 20.4. The lowest BCUT2D eigenvalue weighted by atomic mass is 9.87. The lowest BCUT2D eigenvalue weighted by Crippen LogP contribution is -2.31. The topological polar surface area (TPSA) is 49.4 Å². The Morgan fingerprint density at radius 2 is 1.65 bits per heavy atom. The quantitative estimate of drug-likeness (QED) is 0.835. The van der Waals surface area contributed by atoms with Crippen LogP contribution in [0.2, 0.25) is 0 Å². The first-order chi connectivity index (χ1) is 12.7. The molecule has 1 fully saturated rings. The van der Waals surface area contributed by atoms with Crippen molar-refractivity contribution in [2.75, 3.05) is 20.1 Å². The fourth-order valence-corrected chi connectivity index (χ4v) is 3.73. The molecule has 26 heavy (non-hydrogen) atoms. The first-order valence-corrected chi connectivity index (χ1v) is 9.24. The number of rotatable bonds is 7. The molecule has 1 heterocycles. The highest BCUT2D eigenvalue weighted by atomic mass is 16.2. The highest BCUT2D eigenvalue weighted by Crippen LogP contribution is 2.30. The van der Waals surface area contributed by atoms with Crippen molar-refractivity contribution in [3.05, 3.63) is 71.8 Å². The summed E-state index contributed by atoms with van der Waals surface area (Å²) in [5, 5.41) is 2.66. The van der Waals surface area contributed by atoms with Crippen molar-refractivity contribution in [1.82, 2.24) is 10.2 Å². The summed E-state index contributed by atoms with van der Waals surface area (Å²) in [4.78, 5) is 26.8. The number of carbonyl (C=O) groups excluding carboxylic acids is 2.